The van der Waals surface area contributed by atoms with E-state index in [0.717, 1.165) is 16.7 Å². The Morgan fingerprint density at radius 2 is 1.00 bits per heavy atom. The topological polar surface area (TPSA) is 105 Å². The molecule has 2 atom stereocenters. The molecule has 2 aromatic rings. The van der Waals surface area contributed by atoms with Gasteiger partial charge in [-0.3, -0.25) is 0 Å². The Morgan fingerprint density at radius 1 is 0.575 bits per heavy atom. The fourth-order valence-corrected chi connectivity index (χ4v) is 5.03. The molecule has 3 aliphatic rings. The van der Waals surface area contributed by atoms with Crippen LogP contribution < -0.4 is 0 Å². The van der Waals surface area contributed by atoms with E-state index in [2.05, 4.69) is 0 Å². The number of methoxy groups -OCH3 is 4. The third kappa shape index (κ3) is 5.16. The summed E-state index contributed by atoms with van der Waals surface area (Å²) in [5.41, 5.74) is 2.47. The molecule has 0 aromatic heterocycles. The highest BCUT2D eigenvalue weighted by atomic mass is 16.5. The molecule has 5 rings (SSSR count). The Bertz CT molecular complexity index is 1450. The fraction of sp³-hybridized carbons (Fsp3) is 0.188. The van der Waals surface area contributed by atoms with Crippen molar-refractivity contribution in [3.8, 4) is 0 Å². The van der Waals surface area contributed by atoms with Crippen LogP contribution >= 0.6 is 0 Å². The van der Waals surface area contributed by atoms with Crippen LogP contribution in [0.4, 0.5) is 0 Å². The van der Waals surface area contributed by atoms with Gasteiger partial charge in [0.15, 0.2) is 0 Å². The van der Waals surface area contributed by atoms with E-state index in [4.69, 9.17) is 18.9 Å². The Labute approximate surface area is 231 Å². The van der Waals surface area contributed by atoms with E-state index >= 15 is 0 Å². The summed E-state index contributed by atoms with van der Waals surface area (Å²) in [4.78, 5) is 52.7. The van der Waals surface area contributed by atoms with Gasteiger partial charge in [0.1, 0.15) is 0 Å². The molecule has 2 unspecified atom stereocenters. The van der Waals surface area contributed by atoms with E-state index in [1.807, 2.05) is 60.7 Å². The molecule has 204 valence electrons. The van der Waals surface area contributed by atoms with Gasteiger partial charge in [-0.05, 0) is 22.3 Å². The highest BCUT2D eigenvalue weighted by molar-refractivity contribution is 6.11. The summed E-state index contributed by atoms with van der Waals surface area (Å²) < 4.78 is 20.2. The van der Waals surface area contributed by atoms with Crippen LogP contribution in [0, 0.1) is 11.8 Å². The zero-order chi connectivity index (χ0) is 28.8. The molecule has 0 amide bonds. The lowest BCUT2D eigenvalue weighted by Crippen LogP contribution is -2.27. The summed E-state index contributed by atoms with van der Waals surface area (Å²) in [6.07, 6.45) is 6.70. The Balaban J connectivity index is 2.10. The number of hydrogen-bond acceptors (Lipinski definition) is 8. The predicted octanol–water partition coefficient (Wildman–Crippen LogP) is 4.15. The first-order chi connectivity index (χ1) is 19.4. The smallest absolute Gasteiger partial charge is 0.338 e. The second kappa shape index (κ2) is 12.3. The molecule has 0 saturated heterocycles. The molecule has 8 nitrogen and oxygen atoms in total. The van der Waals surface area contributed by atoms with E-state index in [-0.39, 0.29) is 27.9 Å². The number of allylic oxidation sites excluding steroid dienone is 4. The van der Waals surface area contributed by atoms with Crippen molar-refractivity contribution in [3.05, 3.63) is 124 Å². The number of carbonyl (C=O) groups is 4. The maximum absolute atomic E-state index is 13.3. The molecule has 3 aliphatic carbocycles. The van der Waals surface area contributed by atoms with Crippen LogP contribution in [0.15, 0.2) is 113 Å². The predicted molar refractivity (Wildman–Crippen MR) is 146 cm³/mol. The van der Waals surface area contributed by atoms with Crippen LogP contribution in [0.25, 0.3) is 5.57 Å². The standard InChI is InChI=1S/C32H28O8/c1-37-29(33)25-22(16-15-21(19-11-7-5-8-12-19)20-13-9-6-10-14-20)23-17-18-24(27(25)31(35)39-3)28(32(36)40-4)26(23)30(34)38-2/h5-18,23-24H,1-4H3/b22-16-. The number of carbonyl (C=O) groups excluding carboxylic acids is 4. The first-order valence-electron chi connectivity index (χ1n) is 12.4. The highest BCUT2D eigenvalue weighted by Gasteiger charge is 2.47. The Morgan fingerprint density at radius 3 is 1.48 bits per heavy atom. The maximum atomic E-state index is 13.3. The monoisotopic (exact) mass is 540 g/mol. The molecule has 0 saturated carbocycles. The molecular weight excluding hydrogens is 512 g/mol. The van der Waals surface area contributed by atoms with Crippen LogP contribution in [0.2, 0.25) is 0 Å². The lowest BCUT2D eigenvalue weighted by atomic mass is 9.79. The normalized spacial score (nSPS) is 18.6. The van der Waals surface area contributed by atoms with Gasteiger partial charge in [0, 0.05) is 11.8 Å². The minimum absolute atomic E-state index is 0.0391. The first kappa shape index (κ1) is 28.0. The summed E-state index contributed by atoms with van der Waals surface area (Å²) in [6, 6.07) is 19.2. The molecule has 0 radical (unpaired) electrons. The number of ether oxygens (including phenoxy) is 4. The molecule has 40 heavy (non-hydrogen) atoms. The second-order valence-electron chi connectivity index (χ2n) is 8.86. The fourth-order valence-electron chi connectivity index (χ4n) is 5.03. The van der Waals surface area contributed by atoms with Crippen LogP contribution in [-0.4, -0.2) is 52.3 Å². The van der Waals surface area contributed by atoms with Crippen molar-refractivity contribution in [2.75, 3.05) is 28.4 Å². The first-order valence-corrected chi connectivity index (χ1v) is 12.4. The lowest BCUT2D eigenvalue weighted by molar-refractivity contribution is -0.140. The zero-order valence-electron chi connectivity index (χ0n) is 22.5. The van der Waals surface area contributed by atoms with E-state index in [1.54, 1.807) is 24.3 Å². The summed E-state index contributed by atoms with van der Waals surface area (Å²) in [6.45, 7) is 0. The van der Waals surface area contributed by atoms with Crippen molar-refractivity contribution in [2.45, 2.75) is 0 Å². The number of hydrogen-bond donors (Lipinski definition) is 0. The van der Waals surface area contributed by atoms with Gasteiger partial charge in [0.05, 0.1) is 50.7 Å². The van der Waals surface area contributed by atoms with Crippen molar-refractivity contribution in [1.29, 1.82) is 0 Å². The average Bonchev–Trinajstić information content (AvgIpc) is 3.24. The van der Waals surface area contributed by atoms with E-state index < -0.39 is 35.7 Å². The zero-order valence-corrected chi connectivity index (χ0v) is 22.5. The van der Waals surface area contributed by atoms with E-state index in [0.29, 0.717) is 0 Å². The van der Waals surface area contributed by atoms with Gasteiger partial charge < -0.3 is 18.9 Å². The molecular formula is C32H28O8. The second-order valence-corrected chi connectivity index (χ2v) is 8.86. The quantitative estimate of drug-likeness (QED) is 0.293. The molecule has 0 N–H and O–H groups in total. The molecule has 8 heteroatoms. The number of benzene rings is 2. The summed E-state index contributed by atoms with van der Waals surface area (Å²) in [7, 11) is 4.71. The maximum Gasteiger partial charge on any atom is 0.338 e. The third-order valence-corrected chi connectivity index (χ3v) is 6.82. The van der Waals surface area contributed by atoms with E-state index in [1.165, 1.54) is 28.4 Å². The van der Waals surface area contributed by atoms with Crippen LogP contribution in [0.1, 0.15) is 11.1 Å². The molecule has 2 aromatic carbocycles. The van der Waals surface area contributed by atoms with Crippen LogP contribution in [-0.2, 0) is 38.1 Å². The largest absolute Gasteiger partial charge is 0.466 e. The molecule has 0 spiro atoms. The van der Waals surface area contributed by atoms with Gasteiger partial charge in [0.25, 0.3) is 0 Å². The summed E-state index contributed by atoms with van der Waals surface area (Å²) in [5.74, 6) is -5.36. The van der Waals surface area contributed by atoms with Gasteiger partial charge in [-0.1, -0.05) is 85.0 Å². The molecule has 0 aliphatic heterocycles. The minimum atomic E-state index is -1.11. The summed E-state index contributed by atoms with van der Waals surface area (Å²) >= 11 is 0. The van der Waals surface area contributed by atoms with Gasteiger partial charge in [-0.15, -0.1) is 0 Å². The van der Waals surface area contributed by atoms with Crippen molar-refractivity contribution in [3.63, 3.8) is 0 Å². The van der Waals surface area contributed by atoms with Gasteiger partial charge in [-0.2, -0.15) is 0 Å². The van der Waals surface area contributed by atoms with E-state index in [9.17, 15) is 19.2 Å². The van der Waals surface area contributed by atoms with Gasteiger partial charge in [0.2, 0.25) is 0 Å². The average molecular weight is 541 g/mol. The minimum Gasteiger partial charge on any atom is -0.466 e. The number of esters is 4. The number of fused-ring (bicyclic) bond motifs is 1. The Hall–Kier alpha value is -4.98. The highest BCUT2D eigenvalue weighted by Crippen LogP contribution is 2.46. The Kier molecular flexibility index (Phi) is 8.59. The molecule has 0 fully saturated rings. The third-order valence-electron chi connectivity index (χ3n) is 6.82. The van der Waals surface area contributed by atoms with Crippen LogP contribution in [0.5, 0.6) is 0 Å². The molecule has 0 heterocycles. The lowest BCUT2D eigenvalue weighted by Gasteiger charge is -2.24. The van der Waals surface area contributed by atoms with Crippen molar-refractivity contribution < 1.29 is 38.1 Å². The van der Waals surface area contributed by atoms with Crippen LogP contribution in [0.3, 0.4) is 0 Å². The van der Waals surface area contributed by atoms with Crippen molar-refractivity contribution in [2.24, 2.45) is 11.8 Å². The summed E-state index contributed by atoms with van der Waals surface area (Å²) in [5, 5.41) is 0. The van der Waals surface area contributed by atoms with Gasteiger partial charge in [-0.25, -0.2) is 19.2 Å². The number of rotatable bonds is 7. The molecule has 2 bridgehead atoms. The van der Waals surface area contributed by atoms with Crippen molar-refractivity contribution in [1.82, 2.24) is 0 Å². The van der Waals surface area contributed by atoms with Crippen molar-refractivity contribution >= 4 is 29.5 Å². The SMILES string of the molecule is COC(=O)C1=C(C(=O)OC)C2C=CC(C(C(=O)OC)=C2C(=O)OC)/C1=C/C=C(c1ccccc1)c1ccccc1. The van der Waals surface area contributed by atoms with Gasteiger partial charge >= 0.3 is 23.9 Å².